The third kappa shape index (κ3) is 1.56. The third-order valence-electron chi connectivity index (χ3n) is 5.08. The summed E-state index contributed by atoms with van der Waals surface area (Å²) in [6, 6.07) is 17.5. The Labute approximate surface area is 140 Å². The number of rotatable bonds is 1. The number of aromatic nitrogens is 3. The highest BCUT2D eigenvalue weighted by Gasteiger charge is 2.23. The van der Waals surface area contributed by atoms with Crippen LogP contribution in [0.15, 0.2) is 54.9 Å². The quantitative estimate of drug-likeness (QED) is 0.425. The molecule has 3 heterocycles. The molecule has 0 saturated carbocycles. The molecule has 0 unspecified atom stereocenters. The molecule has 116 valence electrons. The van der Waals surface area contributed by atoms with E-state index in [0.29, 0.717) is 0 Å². The van der Waals surface area contributed by atoms with Crippen LogP contribution in [-0.2, 0) is 7.05 Å². The predicted molar refractivity (Wildman–Crippen MR) is 97.5 cm³/mol. The minimum atomic E-state index is 1.04. The number of aryl methyl sites for hydroxylation is 3. The lowest BCUT2D eigenvalue weighted by atomic mass is 10.0. The highest BCUT2D eigenvalue weighted by atomic mass is 15.0. The van der Waals surface area contributed by atoms with Gasteiger partial charge in [0.05, 0.1) is 23.6 Å². The van der Waals surface area contributed by atoms with Crippen molar-refractivity contribution in [2.24, 2.45) is 7.05 Å². The zero-order valence-corrected chi connectivity index (χ0v) is 14.0. The molecule has 3 nitrogen and oxygen atoms in total. The van der Waals surface area contributed by atoms with Gasteiger partial charge in [0.15, 0.2) is 5.69 Å². The van der Waals surface area contributed by atoms with Crippen molar-refractivity contribution in [2.75, 3.05) is 0 Å². The second-order valence-corrected chi connectivity index (χ2v) is 6.54. The van der Waals surface area contributed by atoms with E-state index in [-0.39, 0.29) is 0 Å². The number of hydrogen-bond acceptors (Lipinski definition) is 1. The molecule has 3 heteroatoms. The first kappa shape index (κ1) is 13.5. The topological polar surface area (TPSA) is 21.2 Å². The first-order chi connectivity index (χ1) is 11.7. The van der Waals surface area contributed by atoms with Crippen molar-refractivity contribution in [3.05, 3.63) is 66.2 Å². The fourth-order valence-electron chi connectivity index (χ4n) is 4.02. The van der Waals surface area contributed by atoms with Gasteiger partial charge in [0.2, 0.25) is 0 Å². The first-order valence-electron chi connectivity index (χ1n) is 8.23. The SMILES string of the molecule is Cc1cc(-c2c(C)n3c4ccccc4c4cccc2c43)[n+](C)cn1. The van der Waals surface area contributed by atoms with Gasteiger partial charge >= 0.3 is 0 Å². The molecule has 0 spiro atoms. The van der Waals surface area contributed by atoms with Crippen molar-refractivity contribution in [1.82, 2.24) is 9.38 Å². The normalized spacial score (nSPS) is 12.0. The van der Waals surface area contributed by atoms with Gasteiger partial charge in [0.1, 0.15) is 5.69 Å². The average Bonchev–Trinajstić information content (AvgIpc) is 3.08. The lowest BCUT2D eigenvalue weighted by Gasteiger charge is -2.04. The smallest absolute Gasteiger partial charge is 0.286 e. The summed E-state index contributed by atoms with van der Waals surface area (Å²) in [7, 11) is 2.06. The van der Waals surface area contributed by atoms with E-state index in [4.69, 9.17) is 0 Å². The molecule has 5 aromatic rings. The molecule has 0 aliphatic rings. The number of nitrogens with zero attached hydrogens (tertiary/aromatic N) is 3. The van der Waals surface area contributed by atoms with Crippen LogP contribution >= 0.6 is 0 Å². The van der Waals surface area contributed by atoms with E-state index in [1.54, 1.807) is 0 Å². The molecule has 3 aromatic heterocycles. The van der Waals surface area contributed by atoms with Crippen LogP contribution in [0.25, 0.3) is 38.4 Å². The van der Waals surface area contributed by atoms with Crippen molar-refractivity contribution < 1.29 is 4.57 Å². The zero-order chi connectivity index (χ0) is 16.4. The van der Waals surface area contributed by atoms with Gasteiger partial charge in [0, 0.05) is 34.8 Å². The van der Waals surface area contributed by atoms with Crippen LogP contribution in [0.2, 0.25) is 0 Å². The molecule has 24 heavy (non-hydrogen) atoms. The van der Waals surface area contributed by atoms with E-state index < -0.39 is 0 Å². The van der Waals surface area contributed by atoms with Crippen LogP contribution in [0.3, 0.4) is 0 Å². The van der Waals surface area contributed by atoms with Crippen molar-refractivity contribution in [2.45, 2.75) is 13.8 Å². The average molecular weight is 312 g/mol. The largest absolute Gasteiger partial charge is 0.312 e. The van der Waals surface area contributed by atoms with Crippen LogP contribution in [0.1, 0.15) is 11.4 Å². The highest BCUT2D eigenvalue weighted by Crippen LogP contribution is 2.40. The summed E-state index contributed by atoms with van der Waals surface area (Å²) >= 11 is 0. The summed E-state index contributed by atoms with van der Waals surface area (Å²) in [5, 5.41) is 3.95. The van der Waals surface area contributed by atoms with Gasteiger partial charge in [0.25, 0.3) is 6.33 Å². The monoisotopic (exact) mass is 312 g/mol. The lowest BCUT2D eigenvalue weighted by molar-refractivity contribution is -0.663. The molecule has 0 saturated heterocycles. The summed E-state index contributed by atoms with van der Waals surface area (Å²) in [5.41, 5.74) is 7.43. The van der Waals surface area contributed by atoms with E-state index in [9.17, 15) is 0 Å². The Morgan fingerprint density at radius 2 is 1.67 bits per heavy atom. The van der Waals surface area contributed by atoms with Crippen molar-refractivity contribution >= 4 is 27.2 Å². The molecule has 0 aliphatic carbocycles. The van der Waals surface area contributed by atoms with Crippen molar-refractivity contribution in [3.63, 3.8) is 0 Å². The Balaban J connectivity index is 2.04. The second-order valence-electron chi connectivity index (χ2n) is 6.54. The molecule has 5 rings (SSSR count). The predicted octanol–water partition coefficient (Wildman–Crippen LogP) is 4.19. The minimum Gasteiger partial charge on any atom is -0.312 e. The van der Waals surface area contributed by atoms with Gasteiger partial charge in [-0.15, -0.1) is 0 Å². The van der Waals surface area contributed by atoms with Crippen LogP contribution in [0.4, 0.5) is 0 Å². The van der Waals surface area contributed by atoms with E-state index in [1.807, 2.05) is 13.3 Å². The zero-order valence-electron chi connectivity index (χ0n) is 14.0. The number of hydrogen-bond donors (Lipinski definition) is 0. The molecular weight excluding hydrogens is 294 g/mol. The van der Waals surface area contributed by atoms with Gasteiger partial charge in [-0.25, -0.2) is 4.57 Å². The maximum atomic E-state index is 4.41. The van der Waals surface area contributed by atoms with Gasteiger partial charge in [-0.3, -0.25) is 0 Å². The van der Waals surface area contributed by atoms with Crippen LogP contribution < -0.4 is 4.57 Å². The molecule has 0 bridgehead atoms. The maximum Gasteiger partial charge on any atom is 0.286 e. The molecule has 0 radical (unpaired) electrons. The third-order valence-corrected chi connectivity index (χ3v) is 5.08. The summed E-state index contributed by atoms with van der Waals surface area (Å²) in [5.74, 6) is 0. The summed E-state index contributed by atoms with van der Waals surface area (Å²) < 4.78 is 4.52. The van der Waals surface area contributed by atoms with E-state index in [0.717, 1.165) is 5.69 Å². The Bertz CT molecular complexity index is 1230. The molecule has 0 aliphatic heterocycles. The fourth-order valence-corrected chi connectivity index (χ4v) is 4.02. The minimum absolute atomic E-state index is 1.04. The number of benzene rings is 2. The van der Waals surface area contributed by atoms with Gasteiger partial charge < -0.3 is 4.40 Å². The van der Waals surface area contributed by atoms with Gasteiger partial charge in [-0.05, 0) is 13.0 Å². The Morgan fingerprint density at radius 3 is 2.54 bits per heavy atom. The second kappa shape index (κ2) is 4.54. The molecule has 2 aromatic carbocycles. The number of fused-ring (bicyclic) bond motifs is 3. The first-order valence-corrected chi connectivity index (χ1v) is 8.23. The number of para-hydroxylation sites is 2. The summed E-state index contributed by atoms with van der Waals surface area (Å²) in [6.45, 7) is 4.27. The van der Waals surface area contributed by atoms with Gasteiger partial charge in [-0.2, -0.15) is 0 Å². The molecule has 0 N–H and O–H groups in total. The Kier molecular flexibility index (Phi) is 2.55. The van der Waals surface area contributed by atoms with Gasteiger partial charge in [-0.1, -0.05) is 41.4 Å². The Morgan fingerprint density at radius 1 is 0.917 bits per heavy atom. The fraction of sp³-hybridized carbons (Fsp3) is 0.143. The summed E-state index contributed by atoms with van der Waals surface area (Å²) in [6.07, 6.45) is 1.90. The van der Waals surface area contributed by atoms with Crippen LogP contribution in [0.5, 0.6) is 0 Å². The standard InChI is InChI=1S/C21H18N3/c1-13-11-19(23(3)12-22-13)20-14(2)24-18-10-5-4-7-15(18)16-8-6-9-17(20)21(16)24/h4-12H,1-3H3/q+1. The van der Waals surface area contributed by atoms with Crippen LogP contribution in [-0.4, -0.2) is 9.38 Å². The Hall–Kier alpha value is -2.94. The van der Waals surface area contributed by atoms with E-state index in [1.165, 1.54) is 44.1 Å². The molecule has 0 amide bonds. The molecule has 0 fully saturated rings. The molecular formula is C21H18N3+. The van der Waals surface area contributed by atoms with Crippen molar-refractivity contribution in [1.29, 1.82) is 0 Å². The van der Waals surface area contributed by atoms with Crippen molar-refractivity contribution in [3.8, 4) is 11.3 Å². The lowest BCUT2D eigenvalue weighted by Crippen LogP contribution is -2.31. The molecule has 0 atom stereocenters. The van der Waals surface area contributed by atoms with E-state index >= 15 is 0 Å². The van der Waals surface area contributed by atoms with E-state index in [2.05, 4.69) is 76.5 Å². The maximum absolute atomic E-state index is 4.41. The van der Waals surface area contributed by atoms with Crippen LogP contribution in [0, 0.1) is 13.8 Å². The highest BCUT2D eigenvalue weighted by molar-refractivity contribution is 6.18. The summed E-state index contributed by atoms with van der Waals surface area (Å²) in [4.78, 5) is 4.41.